The zero-order valence-electron chi connectivity index (χ0n) is 11.5. The first-order valence-corrected chi connectivity index (χ1v) is 6.88. The molecule has 2 aliphatic rings. The second-order valence-electron chi connectivity index (χ2n) is 5.65. The van der Waals surface area contributed by atoms with Gasteiger partial charge in [-0.2, -0.15) is 0 Å². The molecule has 0 aliphatic carbocycles. The largest absolute Gasteiger partial charge is 0.341 e. The number of hydrogen-bond donors (Lipinski definition) is 0. The van der Waals surface area contributed by atoms with Crippen molar-refractivity contribution in [3.8, 4) is 0 Å². The lowest BCUT2D eigenvalue weighted by Crippen LogP contribution is -2.45. The van der Waals surface area contributed by atoms with Gasteiger partial charge in [-0.1, -0.05) is 0 Å². The van der Waals surface area contributed by atoms with E-state index in [1.165, 1.54) is 0 Å². The summed E-state index contributed by atoms with van der Waals surface area (Å²) < 4.78 is 22.1. The first-order valence-electron chi connectivity index (χ1n) is 6.12. The molecule has 0 bridgehead atoms. The Morgan fingerprint density at radius 1 is 0.750 bits per heavy atom. The summed E-state index contributed by atoms with van der Waals surface area (Å²) in [6.07, 6.45) is -3.84. The summed E-state index contributed by atoms with van der Waals surface area (Å²) in [4.78, 5) is 23.0. The summed E-state index contributed by atoms with van der Waals surface area (Å²) in [5.41, 5.74) is 0. The van der Waals surface area contributed by atoms with E-state index < -0.39 is 46.5 Å². The van der Waals surface area contributed by atoms with E-state index >= 15 is 0 Å². The Balaban J connectivity index is 2.28. The zero-order chi connectivity index (χ0) is 15.3. The number of rotatable bonds is 3. The average Bonchev–Trinajstić information content (AvgIpc) is 2.75. The van der Waals surface area contributed by atoms with Gasteiger partial charge in [-0.05, 0) is 50.9 Å². The standard InChI is InChI=1S/C12H16Cl2O6/c1-11(2)17-5(7(19-11)9(13)15)6-8(10(14)16)20-12(3,4)18-6/h5-8H,1-4H3. The molecular weight excluding hydrogens is 311 g/mol. The van der Waals surface area contributed by atoms with Crippen LogP contribution < -0.4 is 0 Å². The van der Waals surface area contributed by atoms with Crippen LogP contribution in [0.3, 0.4) is 0 Å². The van der Waals surface area contributed by atoms with Crippen molar-refractivity contribution < 1.29 is 28.5 Å². The number of carbonyl (C=O) groups is 2. The number of halogens is 2. The van der Waals surface area contributed by atoms with Crippen LogP contribution in [0.4, 0.5) is 0 Å². The third kappa shape index (κ3) is 3.16. The molecule has 0 saturated carbocycles. The predicted octanol–water partition coefficient (Wildman–Crippen LogP) is 1.56. The maximum absolute atomic E-state index is 11.5. The molecular formula is C12H16Cl2O6. The summed E-state index contributed by atoms with van der Waals surface area (Å²) in [5, 5.41) is -1.45. The summed E-state index contributed by atoms with van der Waals surface area (Å²) in [7, 11) is 0. The fourth-order valence-corrected chi connectivity index (χ4v) is 2.75. The Morgan fingerprint density at radius 3 is 1.30 bits per heavy atom. The van der Waals surface area contributed by atoms with Gasteiger partial charge in [0.25, 0.3) is 10.5 Å². The Bertz CT molecular complexity index is 396. The van der Waals surface area contributed by atoms with E-state index in [0.717, 1.165) is 0 Å². The van der Waals surface area contributed by atoms with Crippen molar-refractivity contribution in [2.75, 3.05) is 0 Å². The lowest BCUT2D eigenvalue weighted by atomic mass is 10.0. The summed E-state index contributed by atoms with van der Waals surface area (Å²) in [6, 6.07) is 0. The predicted molar refractivity (Wildman–Crippen MR) is 69.4 cm³/mol. The van der Waals surface area contributed by atoms with Crippen molar-refractivity contribution in [3.63, 3.8) is 0 Å². The van der Waals surface area contributed by atoms with Crippen molar-refractivity contribution in [3.05, 3.63) is 0 Å². The third-order valence-electron chi connectivity index (χ3n) is 3.03. The Hall–Kier alpha value is -0.240. The second kappa shape index (κ2) is 5.19. The van der Waals surface area contributed by atoms with Gasteiger partial charge in [0, 0.05) is 0 Å². The molecule has 6 nitrogen and oxygen atoms in total. The molecule has 0 radical (unpaired) electrons. The first kappa shape index (κ1) is 16.1. The molecule has 0 spiro atoms. The van der Waals surface area contributed by atoms with Crippen molar-refractivity contribution in [2.24, 2.45) is 0 Å². The normalized spacial score (nSPS) is 38.9. The van der Waals surface area contributed by atoms with Crippen LogP contribution in [0.25, 0.3) is 0 Å². The lowest BCUT2D eigenvalue weighted by Gasteiger charge is -2.23. The number of ether oxygens (including phenoxy) is 4. The summed E-state index contributed by atoms with van der Waals surface area (Å²) >= 11 is 11.0. The SMILES string of the molecule is CC1(C)OC(C(=O)Cl)C(C2OC(C)(C)OC2C(=O)Cl)O1. The Morgan fingerprint density at radius 2 is 1.05 bits per heavy atom. The van der Waals surface area contributed by atoms with Gasteiger partial charge >= 0.3 is 0 Å². The van der Waals surface area contributed by atoms with Crippen molar-refractivity contribution in [1.29, 1.82) is 0 Å². The quantitative estimate of drug-likeness (QED) is 0.733. The van der Waals surface area contributed by atoms with Crippen LogP contribution in [0, 0.1) is 0 Å². The van der Waals surface area contributed by atoms with Gasteiger partial charge in [0.15, 0.2) is 23.8 Å². The van der Waals surface area contributed by atoms with Crippen LogP contribution in [-0.4, -0.2) is 46.5 Å². The molecule has 2 fully saturated rings. The highest BCUT2D eigenvalue weighted by atomic mass is 35.5. The van der Waals surface area contributed by atoms with Gasteiger partial charge in [0.1, 0.15) is 12.2 Å². The minimum absolute atomic E-state index is 0.727. The third-order valence-corrected chi connectivity index (χ3v) is 3.46. The minimum Gasteiger partial charge on any atom is -0.341 e. The van der Waals surface area contributed by atoms with E-state index in [2.05, 4.69) is 0 Å². The second-order valence-corrected chi connectivity index (χ2v) is 6.39. The maximum Gasteiger partial charge on any atom is 0.253 e. The summed E-state index contributed by atoms with van der Waals surface area (Å²) in [6.45, 7) is 6.55. The molecule has 0 aromatic heterocycles. The van der Waals surface area contributed by atoms with Crippen LogP contribution >= 0.6 is 23.2 Å². The fraction of sp³-hybridized carbons (Fsp3) is 0.833. The Kier molecular flexibility index (Phi) is 4.19. The van der Waals surface area contributed by atoms with Crippen LogP contribution in [-0.2, 0) is 28.5 Å². The lowest BCUT2D eigenvalue weighted by molar-refractivity contribution is -0.175. The van der Waals surface area contributed by atoms with Crippen LogP contribution in [0.5, 0.6) is 0 Å². The van der Waals surface area contributed by atoms with Gasteiger partial charge < -0.3 is 18.9 Å². The first-order chi connectivity index (χ1) is 9.02. The maximum atomic E-state index is 11.5. The minimum atomic E-state index is -1.05. The monoisotopic (exact) mass is 326 g/mol. The number of hydrogen-bond acceptors (Lipinski definition) is 6. The summed E-state index contributed by atoms with van der Waals surface area (Å²) in [5.74, 6) is -2.04. The zero-order valence-corrected chi connectivity index (χ0v) is 13.0. The molecule has 2 aliphatic heterocycles. The highest BCUT2D eigenvalue weighted by Crippen LogP contribution is 2.39. The van der Waals surface area contributed by atoms with E-state index in [4.69, 9.17) is 42.1 Å². The van der Waals surface area contributed by atoms with E-state index in [9.17, 15) is 9.59 Å². The van der Waals surface area contributed by atoms with Crippen LogP contribution in [0.15, 0.2) is 0 Å². The molecule has 2 saturated heterocycles. The van der Waals surface area contributed by atoms with E-state index in [0.29, 0.717) is 0 Å². The smallest absolute Gasteiger partial charge is 0.253 e. The van der Waals surface area contributed by atoms with Crippen molar-refractivity contribution in [2.45, 2.75) is 63.7 Å². The number of carbonyl (C=O) groups excluding carboxylic acids is 2. The van der Waals surface area contributed by atoms with E-state index in [1.807, 2.05) is 0 Å². The van der Waals surface area contributed by atoms with Crippen molar-refractivity contribution >= 4 is 33.7 Å². The van der Waals surface area contributed by atoms with Gasteiger partial charge in [-0.15, -0.1) is 0 Å². The van der Waals surface area contributed by atoms with Gasteiger partial charge in [-0.3, -0.25) is 9.59 Å². The topological polar surface area (TPSA) is 71.1 Å². The molecule has 114 valence electrons. The molecule has 0 amide bonds. The molecule has 4 unspecified atom stereocenters. The molecule has 4 atom stereocenters. The van der Waals surface area contributed by atoms with Crippen LogP contribution in [0.2, 0.25) is 0 Å². The molecule has 20 heavy (non-hydrogen) atoms. The highest BCUT2D eigenvalue weighted by Gasteiger charge is 2.57. The molecule has 8 heteroatoms. The van der Waals surface area contributed by atoms with Crippen LogP contribution in [0.1, 0.15) is 27.7 Å². The van der Waals surface area contributed by atoms with Gasteiger partial charge in [-0.25, -0.2) is 0 Å². The van der Waals surface area contributed by atoms with Gasteiger partial charge in [0.05, 0.1) is 0 Å². The fourth-order valence-electron chi connectivity index (χ4n) is 2.41. The highest BCUT2D eigenvalue weighted by molar-refractivity contribution is 6.65. The van der Waals surface area contributed by atoms with Gasteiger partial charge in [0.2, 0.25) is 0 Å². The van der Waals surface area contributed by atoms with E-state index in [-0.39, 0.29) is 0 Å². The molecule has 0 aromatic carbocycles. The average molecular weight is 327 g/mol. The Labute approximate surface area is 126 Å². The van der Waals surface area contributed by atoms with E-state index in [1.54, 1.807) is 27.7 Å². The molecule has 2 heterocycles. The molecule has 0 N–H and O–H groups in total. The van der Waals surface area contributed by atoms with Crippen molar-refractivity contribution in [1.82, 2.24) is 0 Å². The molecule has 2 rings (SSSR count). The molecule has 0 aromatic rings.